The number of aromatic amines is 1. The van der Waals surface area contributed by atoms with Gasteiger partial charge in [-0.1, -0.05) is 23.5 Å². The number of rotatable bonds is 4. The molecule has 3 rings (SSSR count). The number of aromatic nitrogens is 2. The summed E-state index contributed by atoms with van der Waals surface area (Å²) in [7, 11) is 0. The zero-order chi connectivity index (χ0) is 17.3. The molecule has 0 radical (unpaired) electrons. The van der Waals surface area contributed by atoms with E-state index in [4.69, 9.17) is 4.74 Å². The number of esters is 1. The number of carbonyl (C=O) groups excluding carboxylic acids is 2. The van der Waals surface area contributed by atoms with Gasteiger partial charge < -0.3 is 9.72 Å². The van der Waals surface area contributed by atoms with Crippen molar-refractivity contribution in [2.45, 2.75) is 20.8 Å². The van der Waals surface area contributed by atoms with Crippen LogP contribution in [0.2, 0.25) is 0 Å². The van der Waals surface area contributed by atoms with Gasteiger partial charge in [0.25, 0.3) is 5.91 Å². The van der Waals surface area contributed by atoms with Gasteiger partial charge in [0.2, 0.25) is 0 Å². The first-order valence-corrected chi connectivity index (χ1v) is 8.36. The number of aryl methyl sites for hydroxylation is 1. The molecule has 1 amide bonds. The molecule has 0 unspecified atom stereocenters. The summed E-state index contributed by atoms with van der Waals surface area (Å²) in [6, 6.07) is 7.67. The Kier molecular flexibility index (Phi) is 4.35. The molecular weight excluding hydrogens is 326 g/mol. The molecule has 2 aromatic heterocycles. The highest BCUT2D eigenvalue weighted by atomic mass is 32.1. The fourth-order valence-electron chi connectivity index (χ4n) is 2.57. The van der Waals surface area contributed by atoms with Gasteiger partial charge in [0.05, 0.1) is 22.4 Å². The van der Waals surface area contributed by atoms with Crippen LogP contribution in [0, 0.1) is 13.8 Å². The fraction of sp³-hybridized carbons (Fsp3) is 0.235. The second-order valence-corrected chi connectivity index (χ2v) is 6.32. The van der Waals surface area contributed by atoms with Gasteiger partial charge in [-0.25, -0.2) is 9.78 Å². The molecule has 0 saturated carbocycles. The summed E-state index contributed by atoms with van der Waals surface area (Å²) in [6.45, 7) is 5.50. The molecule has 2 N–H and O–H groups in total. The lowest BCUT2D eigenvalue weighted by atomic mass is 10.1. The maximum atomic E-state index is 12.5. The number of ether oxygens (including phenoxy) is 1. The molecule has 0 aliphatic rings. The Morgan fingerprint density at radius 2 is 2.04 bits per heavy atom. The number of carbonyl (C=O) groups is 2. The van der Waals surface area contributed by atoms with Gasteiger partial charge in [0.15, 0.2) is 5.13 Å². The average molecular weight is 343 g/mol. The second kappa shape index (κ2) is 6.45. The van der Waals surface area contributed by atoms with E-state index in [9.17, 15) is 9.59 Å². The normalized spacial score (nSPS) is 10.8. The monoisotopic (exact) mass is 343 g/mol. The molecule has 0 aliphatic carbocycles. The maximum absolute atomic E-state index is 12.5. The highest BCUT2D eigenvalue weighted by molar-refractivity contribution is 7.22. The molecular formula is C17H17N3O3S. The van der Waals surface area contributed by atoms with Crippen LogP contribution in [0.4, 0.5) is 5.13 Å². The molecule has 0 bridgehead atoms. The third-order valence-electron chi connectivity index (χ3n) is 3.66. The Bertz CT molecular complexity index is 893. The lowest BCUT2D eigenvalue weighted by Gasteiger charge is -2.03. The van der Waals surface area contributed by atoms with E-state index >= 15 is 0 Å². The van der Waals surface area contributed by atoms with Crippen molar-refractivity contribution in [3.05, 3.63) is 46.8 Å². The number of benzene rings is 1. The summed E-state index contributed by atoms with van der Waals surface area (Å²) in [5, 5.41) is 3.30. The van der Waals surface area contributed by atoms with Crippen molar-refractivity contribution in [1.29, 1.82) is 0 Å². The van der Waals surface area contributed by atoms with Crippen LogP contribution in [0.15, 0.2) is 24.3 Å². The first-order chi connectivity index (χ1) is 11.5. The van der Waals surface area contributed by atoms with Gasteiger partial charge in [-0.15, -0.1) is 0 Å². The van der Waals surface area contributed by atoms with Crippen molar-refractivity contribution in [2.24, 2.45) is 0 Å². The third kappa shape index (κ3) is 2.90. The fourth-order valence-corrected chi connectivity index (χ4v) is 3.43. The van der Waals surface area contributed by atoms with E-state index in [1.807, 2.05) is 24.3 Å². The van der Waals surface area contributed by atoms with Crippen molar-refractivity contribution in [3.63, 3.8) is 0 Å². The number of hydrogen-bond acceptors (Lipinski definition) is 5. The van der Waals surface area contributed by atoms with Gasteiger partial charge >= 0.3 is 5.97 Å². The first kappa shape index (κ1) is 16.2. The lowest BCUT2D eigenvalue weighted by molar-refractivity contribution is 0.0525. The second-order valence-electron chi connectivity index (χ2n) is 5.29. The van der Waals surface area contributed by atoms with Crippen molar-refractivity contribution in [3.8, 4) is 0 Å². The molecule has 2 heterocycles. The summed E-state index contributed by atoms with van der Waals surface area (Å²) in [6.07, 6.45) is 0. The standard InChI is InChI=1S/C17H17N3O3S/c1-4-23-16(22)13-9(2)14(18-10(13)3)15(21)20-17-19-11-7-5-6-8-12(11)24-17/h5-8,18H,4H2,1-3H3,(H,19,20,21). The van der Waals surface area contributed by atoms with Crippen molar-refractivity contribution < 1.29 is 14.3 Å². The molecule has 1 aromatic carbocycles. The van der Waals surface area contributed by atoms with E-state index < -0.39 is 5.97 Å². The van der Waals surface area contributed by atoms with Gasteiger partial charge in [0.1, 0.15) is 5.69 Å². The first-order valence-electron chi connectivity index (χ1n) is 7.54. The number of para-hydroxylation sites is 1. The predicted molar refractivity (Wildman–Crippen MR) is 93.8 cm³/mol. The topological polar surface area (TPSA) is 84.1 Å². The Morgan fingerprint density at radius 3 is 2.75 bits per heavy atom. The zero-order valence-corrected chi connectivity index (χ0v) is 14.4. The van der Waals surface area contributed by atoms with E-state index in [1.54, 1.807) is 20.8 Å². The number of hydrogen-bond donors (Lipinski definition) is 2. The molecule has 0 saturated heterocycles. The predicted octanol–water partition coefficient (Wildman–Crippen LogP) is 3.67. The Hall–Kier alpha value is -2.67. The van der Waals surface area contributed by atoms with Crippen molar-refractivity contribution in [2.75, 3.05) is 11.9 Å². The molecule has 7 heteroatoms. The highest BCUT2D eigenvalue weighted by Gasteiger charge is 2.23. The van der Waals surface area contributed by atoms with E-state index in [1.165, 1.54) is 11.3 Å². The van der Waals surface area contributed by atoms with Gasteiger partial charge in [-0.2, -0.15) is 0 Å². The van der Waals surface area contributed by atoms with Crippen LogP contribution in [-0.4, -0.2) is 28.5 Å². The number of nitrogens with one attached hydrogen (secondary N) is 2. The van der Waals surface area contributed by atoms with Crippen molar-refractivity contribution in [1.82, 2.24) is 9.97 Å². The lowest BCUT2D eigenvalue weighted by Crippen LogP contribution is -2.14. The van der Waals surface area contributed by atoms with Crippen LogP contribution in [0.1, 0.15) is 39.0 Å². The van der Waals surface area contributed by atoms with Gasteiger partial charge in [-0.3, -0.25) is 10.1 Å². The minimum absolute atomic E-state index is 0.288. The molecule has 124 valence electrons. The Morgan fingerprint density at radius 1 is 1.29 bits per heavy atom. The van der Waals surface area contributed by atoms with Gasteiger partial charge in [0, 0.05) is 5.69 Å². The van der Waals surface area contributed by atoms with E-state index in [-0.39, 0.29) is 12.5 Å². The molecule has 0 aliphatic heterocycles. The molecule has 3 aromatic rings. The Labute approximate surface area is 142 Å². The summed E-state index contributed by atoms with van der Waals surface area (Å²) in [5.74, 6) is -0.756. The number of H-pyrrole nitrogens is 1. The molecule has 24 heavy (non-hydrogen) atoms. The largest absolute Gasteiger partial charge is 0.462 e. The van der Waals surface area contributed by atoms with Crippen LogP contribution in [0.3, 0.4) is 0 Å². The van der Waals surface area contributed by atoms with Crippen LogP contribution in [0.5, 0.6) is 0 Å². The molecule has 0 atom stereocenters. The average Bonchev–Trinajstić information content (AvgIpc) is 3.07. The minimum Gasteiger partial charge on any atom is -0.462 e. The number of thiazole rings is 1. The zero-order valence-electron chi connectivity index (χ0n) is 13.6. The van der Waals surface area contributed by atoms with Crippen molar-refractivity contribution >= 4 is 38.6 Å². The van der Waals surface area contributed by atoms with E-state index in [0.717, 1.165) is 10.2 Å². The van der Waals surface area contributed by atoms with Crippen LogP contribution >= 0.6 is 11.3 Å². The SMILES string of the molecule is CCOC(=O)c1c(C)[nH]c(C(=O)Nc2nc3ccccc3s2)c1C. The quantitative estimate of drug-likeness (QED) is 0.708. The number of fused-ring (bicyclic) bond motifs is 1. The molecule has 0 fully saturated rings. The minimum atomic E-state index is -0.428. The smallest absolute Gasteiger partial charge is 0.340 e. The summed E-state index contributed by atoms with van der Waals surface area (Å²) in [5.41, 5.74) is 2.77. The number of nitrogens with zero attached hydrogens (tertiary/aromatic N) is 1. The number of anilines is 1. The highest BCUT2D eigenvalue weighted by Crippen LogP contribution is 2.26. The Balaban J connectivity index is 1.87. The molecule has 6 nitrogen and oxygen atoms in total. The van der Waals surface area contributed by atoms with E-state index in [2.05, 4.69) is 15.3 Å². The van der Waals surface area contributed by atoms with Crippen LogP contribution in [0.25, 0.3) is 10.2 Å². The van der Waals surface area contributed by atoms with Gasteiger partial charge in [-0.05, 0) is 38.5 Å². The third-order valence-corrected chi connectivity index (χ3v) is 4.61. The van der Waals surface area contributed by atoms with Crippen LogP contribution in [-0.2, 0) is 4.74 Å². The summed E-state index contributed by atoms with van der Waals surface area (Å²) >= 11 is 1.40. The summed E-state index contributed by atoms with van der Waals surface area (Å²) < 4.78 is 6.04. The van der Waals surface area contributed by atoms with Crippen LogP contribution < -0.4 is 5.32 Å². The maximum Gasteiger partial charge on any atom is 0.340 e. The van der Waals surface area contributed by atoms with E-state index in [0.29, 0.717) is 27.6 Å². The number of amides is 1. The summed E-state index contributed by atoms with van der Waals surface area (Å²) in [4.78, 5) is 31.9. The molecule has 0 spiro atoms.